The van der Waals surface area contributed by atoms with E-state index < -0.39 is 15.9 Å². The van der Waals surface area contributed by atoms with Crippen molar-refractivity contribution in [2.75, 3.05) is 17.7 Å². The van der Waals surface area contributed by atoms with Crippen LogP contribution in [-0.2, 0) is 16.6 Å². The average molecular weight is 514 g/mol. The van der Waals surface area contributed by atoms with Gasteiger partial charge in [0.2, 0.25) is 15.9 Å². The van der Waals surface area contributed by atoms with Crippen molar-refractivity contribution in [3.05, 3.63) is 76.4 Å². The number of nitrogens with one attached hydrogen (secondary N) is 4. The van der Waals surface area contributed by atoms with Crippen LogP contribution < -0.4 is 20.1 Å². The number of hydrogen-bond acceptors (Lipinski definition) is 7. The fraction of sp³-hybridized carbons (Fsp3) is 0.208. The Kier molecular flexibility index (Phi) is 7.34. The Balaban J connectivity index is 1.52. The van der Waals surface area contributed by atoms with Gasteiger partial charge < -0.3 is 20.8 Å². The molecular weight excluding hydrogens is 490 g/mol. The largest absolute Gasteiger partial charge is 0.481 e. The Morgan fingerprint density at radius 2 is 1.97 bits per heavy atom. The third-order valence-corrected chi connectivity index (χ3v) is 7.66. The van der Waals surface area contributed by atoms with Crippen molar-refractivity contribution < 1.29 is 17.9 Å². The molecule has 4 rings (SSSR count). The van der Waals surface area contributed by atoms with Gasteiger partial charge in [-0.3, -0.25) is 4.79 Å². The predicted molar refractivity (Wildman–Crippen MR) is 137 cm³/mol. The zero-order chi connectivity index (χ0) is 25.0. The number of nitrogens with zero attached hydrogens (tertiary/aromatic N) is 1. The average Bonchev–Trinajstić information content (AvgIpc) is 3.71. The highest BCUT2D eigenvalue weighted by Gasteiger charge is 2.35. The van der Waals surface area contributed by atoms with Crippen LogP contribution in [0.15, 0.2) is 54.7 Å². The van der Waals surface area contributed by atoms with Crippen LogP contribution in [0.5, 0.6) is 5.88 Å². The topological polar surface area (TPSA) is 133 Å². The first-order chi connectivity index (χ1) is 16.8. The van der Waals surface area contributed by atoms with Gasteiger partial charge in [-0.15, -0.1) is 0 Å². The summed E-state index contributed by atoms with van der Waals surface area (Å²) in [6.45, 7) is 0.0668. The van der Waals surface area contributed by atoms with E-state index in [1.54, 1.807) is 54.7 Å². The molecule has 1 heterocycles. The number of pyridine rings is 1. The molecule has 1 amide bonds. The molecule has 3 aromatic rings. The van der Waals surface area contributed by atoms with E-state index in [4.69, 9.17) is 21.7 Å². The molecule has 0 saturated heterocycles. The first-order valence-corrected chi connectivity index (χ1v) is 12.7. The van der Waals surface area contributed by atoms with Gasteiger partial charge in [0.15, 0.2) is 0 Å². The predicted octanol–water partition coefficient (Wildman–Crippen LogP) is 4.32. The van der Waals surface area contributed by atoms with Gasteiger partial charge in [-0.25, -0.2) is 18.1 Å². The molecule has 2 aromatic carbocycles. The lowest BCUT2D eigenvalue weighted by atomic mass is 10.1. The summed E-state index contributed by atoms with van der Waals surface area (Å²) in [6, 6.07) is 13.5. The second-order valence-electron chi connectivity index (χ2n) is 7.96. The van der Waals surface area contributed by atoms with Crippen molar-refractivity contribution in [2.24, 2.45) is 0 Å². The van der Waals surface area contributed by atoms with Gasteiger partial charge in [0.05, 0.1) is 40.5 Å². The molecule has 0 atom stereocenters. The molecule has 182 valence electrons. The van der Waals surface area contributed by atoms with Gasteiger partial charge in [0.1, 0.15) is 0 Å². The molecule has 1 saturated carbocycles. The van der Waals surface area contributed by atoms with E-state index in [1.165, 1.54) is 7.11 Å². The lowest BCUT2D eigenvalue weighted by Gasteiger charge is -2.15. The summed E-state index contributed by atoms with van der Waals surface area (Å²) in [5.41, 5.74) is 2.95. The van der Waals surface area contributed by atoms with Crippen LogP contribution in [0, 0.1) is 5.41 Å². The van der Waals surface area contributed by atoms with Crippen LogP contribution in [0.2, 0.25) is 5.02 Å². The quantitative estimate of drug-likeness (QED) is 0.298. The van der Waals surface area contributed by atoms with Crippen molar-refractivity contribution >= 4 is 50.8 Å². The minimum Gasteiger partial charge on any atom is -0.481 e. The number of ether oxygens (including phenoxy) is 1. The van der Waals surface area contributed by atoms with Gasteiger partial charge >= 0.3 is 0 Å². The molecule has 0 aliphatic heterocycles. The Labute approximate surface area is 208 Å². The number of halogens is 1. The van der Waals surface area contributed by atoms with Crippen molar-refractivity contribution in [3.8, 4) is 5.88 Å². The van der Waals surface area contributed by atoms with Crippen LogP contribution in [0.1, 0.15) is 34.3 Å². The maximum absolute atomic E-state index is 13.1. The number of carbonyl (C=O) groups excluding carboxylic acids is 1. The minimum atomic E-state index is -3.35. The lowest BCUT2D eigenvalue weighted by Crippen LogP contribution is -2.26. The third kappa shape index (κ3) is 5.97. The zero-order valence-electron chi connectivity index (χ0n) is 18.8. The number of amides is 1. The molecule has 4 N–H and O–H groups in total. The van der Waals surface area contributed by atoms with E-state index >= 15 is 0 Å². The van der Waals surface area contributed by atoms with Crippen LogP contribution in [0.25, 0.3) is 0 Å². The van der Waals surface area contributed by atoms with E-state index in [1.807, 2.05) is 0 Å². The molecule has 1 aliphatic rings. The highest BCUT2D eigenvalue weighted by atomic mass is 35.5. The zero-order valence-corrected chi connectivity index (χ0v) is 20.4. The van der Waals surface area contributed by atoms with Gasteiger partial charge in [-0.1, -0.05) is 23.7 Å². The van der Waals surface area contributed by atoms with Gasteiger partial charge in [0, 0.05) is 30.1 Å². The molecule has 35 heavy (non-hydrogen) atoms. The first-order valence-electron chi connectivity index (χ1n) is 10.8. The van der Waals surface area contributed by atoms with Crippen LogP contribution in [-0.4, -0.2) is 37.9 Å². The summed E-state index contributed by atoms with van der Waals surface area (Å²) >= 11 is 6.27. The summed E-state index contributed by atoms with van der Waals surface area (Å²) in [4.78, 5) is 17.2. The number of sulfonamides is 1. The van der Waals surface area contributed by atoms with E-state index in [-0.39, 0.29) is 22.4 Å². The van der Waals surface area contributed by atoms with Crippen molar-refractivity contribution in [2.45, 2.75) is 24.6 Å². The normalized spacial score (nSPS) is 13.2. The van der Waals surface area contributed by atoms with Gasteiger partial charge in [-0.2, -0.15) is 0 Å². The first kappa shape index (κ1) is 24.6. The van der Waals surface area contributed by atoms with Gasteiger partial charge in [0.25, 0.3) is 5.91 Å². The fourth-order valence-corrected chi connectivity index (χ4v) is 4.96. The number of anilines is 3. The summed E-state index contributed by atoms with van der Waals surface area (Å²) in [7, 11) is -1.82. The maximum Gasteiger partial charge on any atom is 0.257 e. The SMILES string of the molecule is COc1ccc(Nc2cccc(NC(=O)c3cc(CNS(=O)(=O)C4CC4)ccc3Cl)c2C=N)cn1. The van der Waals surface area contributed by atoms with E-state index in [0.717, 1.165) is 6.21 Å². The van der Waals surface area contributed by atoms with Gasteiger partial charge in [-0.05, 0) is 48.7 Å². The molecule has 9 nitrogen and oxygen atoms in total. The Morgan fingerprint density at radius 3 is 2.63 bits per heavy atom. The number of aromatic nitrogens is 1. The Morgan fingerprint density at radius 1 is 1.20 bits per heavy atom. The van der Waals surface area contributed by atoms with E-state index in [2.05, 4.69) is 20.3 Å². The monoisotopic (exact) mass is 513 g/mol. The van der Waals surface area contributed by atoms with E-state index in [9.17, 15) is 13.2 Å². The molecule has 0 unspecified atom stereocenters. The number of methoxy groups -OCH3 is 1. The molecule has 1 aliphatic carbocycles. The fourth-order valence-electron chi connectivity index (χ4n) is 3.40. The summed E-state index contributed by atoms with van der Waals surface area (Å²) in [5, 5.41) is 13.8. The number of rotatable bonds is 10. The van der Waals surface area contributed by atoms with E-state index in [0.29, 0.717) is 46.9 Å². The number of benzene rings is 2. The summed E-state index contributed by atoms with van der Waals surface area (Å²) in [6.07, 6.45) is 4.07. The summed E-state index contributed by atoms with van der Waals surface area (Å²) in [5.74, 6) is -0.00319. The second-order valence-corrected chi connectivity index (χ2v) is 10.4. The van der Waals surface area contributed by atoms with Crippen molar-refractivity contribution in [3.63, 3.8) is 0 Å². The standard InChI is InChI=1S/C24H24ClN5O4S/c1-34-23-10-6-16(14-27-23)29-21-3-2-4-22(19(21)12-26)30-24(31)18-11-15(5-9-20(18)25)13-28-35(32,33)17-7-8-17/h2-6,9-12,14,17,26,28-29H,7-8,13H2,1H3,(H,30,31). The van der Waals surface area contributed by atoms with Crippen molar-refractivity contribution in [1.82, 2.24) is 9.71 Å². The second kappa shape index (κ2) is 10.4. The number of hydrogen-bond donors (Lipinski definition) is 4. The third-order valence-electron chi connectivity index (χ3n) is 5.44. The van der Waals surface area contributed by atoms with Crippen LogP contribution in [0.3, 0.4) is 0 Å². The Bertz CT molecular complexity index is 1360. The van der Waals surface area contributed by atoms with Crippen molar-refractivity contribution in [1.29, 1.82) is 5.41 Å². The smallest absolute Gasteiger partial charge is 0.257 e. The molecule has 11 heteroatoms. The highest BCUT2D eigenvalue weighted by molar-refractivity contribution is 7.90. The lowest BCUT2D eigenvalue weighted by molar-refractivity contribution is 0.102. The number of carbonyl (C=O) groups is 1. The molecule has 0 bridgehead atoms. The molecular formula is C24H24ClN5O4S. The minimum absolute atomic E-state index is 0.0668. The highest BCUT2D eigenvalue weighted by Crippen LogP contribution is 2.29. The molecule has 0 spiro atoms. The Hall–Kier alpha value is -3.47. The molecule has 0 radical (unpaired) electrons. The molecule has 1 fully saturated rings. The maximum atomic E-state index is 13.1. The summed E-state index contributed by atoms with van der Waals surface area (Å²) < 4.78 is 31.8. The van der Waals surface area contributed by atoms with Crippen LogP contribution in [0.4, 0.5) is 17.1 Å². The van der Waals surface area contributed by atoms with Crippen LogP contribution >= 0.6 is 11.6 Å². The molecule has 1 aromatic heterocycles.